The predicted molar refractivity (Wildman–Crippen MR) is 86.7 cm³/mol. The highest BCUT2D eigenvalue weighted by Gasteiger charge is 2.24. The highest BCUT2D eigenvalue weighted by molar-refractivity contribution is 5.76. The van der Waals surface area contributed by atoms with Crippen molar-refractivity contribution in [2.75, 3.05) is 32.8 Å². The fraction of sp³-hybridized carbons (Fsp3) is 0.824. The molecule has 0 aliphatic carbocycles. The number of carboxylic acid groups (broad SMARTS) is 1. The zero-order valence-electron chi connectivity index (χ0n) is 14.3. The third kappa shape index (κ3) is 13.9. The van der Waals surface area contributed by atoms with E-state index in [0.717, 1.165) is 17.1 Å². The summed E-state index contributed by atoms with van der Waals surface area (Å²) in [6, 6.07) is 0. The zero-order chi connectivity index (χ0) is 16.6. The van der Waals surface area contributed by atoms with Crippen molar-refractivity contribution in [2.45, 2.75) is 59.3 Å². The average Bonchev–Trinajstić information content (AvgIpc) is 2.49. The van der Waals surface area contributed by atoms with Gasteiger partial charge in [0.15, 0.2) is 0 Å². The minimum atomic E-state index is -1.23. The SMILES string of the molecule is C=CC(=O)[O-].CCCC[N+](CCO)(CCCC)CCCC. The van der Waals surface area contributed by atoms with Crippen LogP contribution in [0, 0.1) is 0 Å². The van der Waals surface area contributed by atoms with Crippen molar-refractivity contribution in [2.24, 2.45) is 0 Å². The molecule has 0 bridgehead atoms. The molecule has 0 saturated carbocycles. The number of quaternary nitrogens is 1. The van der Waals surface area contributed by atoms with Crippen LogP contribution in [0.2, 0.25) is 0 Å². The van der Waals surface area contributed by atoms with Gasteiger partial charge in [-0.2, -0.15) is 0 Å². The molecule has 0 aliphatic heterocycles. The number of aliphatic carboxylic acids is 1. The Hall–Kier alpha value is -0.870. The first-order valence-electron chi connectivity index (χ1n) is 8.31. The molecule has 0 radical (unpaired) electrons. The van der Waals surface area contributed by atoms with E-state index in [1.165, 1.54) is 58.2 Å². The summed E-state index contributed by atoms with van der Waals surface area (Å²) in [4.78, 5) is 9.14. The lowest BCUT2D eigenvalue weighted by Crippen LogP contribution is -2.51. The normalized spacial score (nSPS) is 10.7. The first-order chi connectivity index (χ1) is 10.0. The van der Waals surface area contributed by atoms with Crippen molar-refractivity contribution in [3.63, 3.8) is 0 Å². The maximum absolute atomic E-state index is 9.28. The maximum Gasteiger partial charge on any atom is 0.102 e. The number of rotatable bonds is 12. The molecule has 0 aromatic carbocycles. The van der Waals surface area contributed by atoms with Gasteiger partial charge in [0.05, 0.1) is 32.2 Å². The summed E-state index contributed by atoms with van der Waals surface area (Å²) in [5.41, 5.74) is 0. The van der Waals surface area contributed by atoms with Crippen LogP contribution in [0.3, 0.4) is 0 Å². The number of nitrogens with zero attached hydrogens (tertiary/aromatic N) is 1. The van der Waals surface area contributed by atoms with Gasteiger partial charge >= 0.3 is 0 Å². The van der Waals surface area contributed by atoms with Gasteiger partial charge in [-0.05, 0) is 25.3 Å². The van der Waals surface area contributed by atoms with Crippen molar-refractivity contribution in [1.29, 1.82) is 0 Å². The Morgan fingerprint density at radius 2 is 1.33 bits per heavy atom. The lowest BCUT2D eigenvalue weighted by molar-refractivity contribution is -0.929. The van der Waals surface area contributed by atoms with Crippen LogP contribution >= 0.6 is 0 Å². The fourth-order valence-electron chi connectivity index (χ4n) is 2.36. The molecule has 0 unspecified atom stereocenters. The molecule has 0 atom stereocenters. The summed E-state index contributed by atoms with van der Waals surface area (Å²) in [6.45, 7) is 14.8. The van der Waals surface area contributed by atoms with E-state index in [9.17, 15) is 5.11 Å². The Morgan fingerprint density at radius 3 is 1.52 bits per heavy atom. The summed E-state index contributed by atoms with van der Waals surface area (Å²) in [6.07, 6.45) is 8.42. The van der Waals surface area contributed by atoms with Crippen LogP contribution in [-0.4, -0.2) is 48.3 Å². The van der Waals surface area contributed by atoms with E-state index in [4.69, 9.17) is 9.90 Å². The second-order valence-corrected chi connectivity index (χ2v) is 5.54. The molecule has 0 rings (SSSR count). The van der Waals surface area contributed by atoms with E-state index in [-0.39, 0.29) is 0 Å². The molecule has 21 heavy (non-hydrogen) atoms. The molecule has 126 valence electrons. The highest BCUT2D eigenvalue weighted by Crippen LogP contribution is 2.14. The molecule has 0 aromatic heterocycles. The lowest BCUT2D eigenvalue weighted by atomic mass is 10.1. The van der Waals surface area contributed by atoms with E-state index in [2.05, 4.69) is 27.4 Å². The number of aliphatic hydroxyl groups is 1. The summed E-state index contributed by atoms with van der Waals surface area (Å²) in [5, 5.41) is 18.4. The molecule has 0 spiro atoms. The van der Waals surface area contributed by atoms with Crippen molar-refractivity contribution in [3.05, 3.63) is 12.7 Å². The fourth-order valence-corrected chi connectivity index (χ4v) is 2.36. The van der Waals surface area contributed by atoms with Crippen LogP contribution in [0.5, 0.6) is 0 Å². The number of unbranched alkanes of at least 4 members (excludes halogenated alkanes) is 3. The minimum Gasteiger partial charge on any atom is -0.545 e. The topological polar surface area (TPSA) is 60.4 Å². The molecule has 0 fully saturated rings. The number of hydrogen-bond acceptors (Lipinski definition) is 3. The number of carboxylic acids is 1. The summed E-state index contributed by atoms with van der Waals surface area (Å²) in [5.74, 6) is -1.23. The van der Waals surface area contributed by atoms with Gasteiger partial charge in [0.1, 0.15) is 6.54 Å². The van der Waals surface area contributed by atoms with Crippen LogP contribution in [-0.2, 0) is 4.79 Å². The molecule has 0 amide bonds. The summed E-state index contributed by atoms with van der Waals surface area (Å²) in [7, 11) is 0. The number of carbonyl (C=O) groups is 1. The molecule has 1 N–H and O–H groups in total. The van der Waals surface area contributed by atoms with Crippen molar-refractivity contribution in [3.8, 4) is 0 Å². The Morgan fingerprint density at radius 1 is 1.00 bits per heavy atom. The molecule has 0 aromatic rings. The molecular weight excluding hydrogens is 266 g/mol. The van der Waals surface area contributed by atoms with Crippen LogP contribution < -0.4 is 5.11 Å². The van der Waals surface area contributed by atoms with E-state index < -0.39 is 5.97 Å². The second kappa shape index (κ2) is 15.5. The maximum atomic E-state index is 9.28. The van der Waals surface area contributed by atoms with Crippen molar-refractivity contribution >= 4 is 5.97 Å². The largest absolute Gasteiger partial charge is 0.545 e. The zero-order valence-corrected chi connectivity index (χ0v) is 14.3. The third-order valence-corrected chi connectivity index (χ3v) is 3.70. The predicted octanol–water partition coefficient (Wildman–Crippen LogP) is 2.12. The minimum absolute atomic E-state index is 0.344. The quantitative estimate of drug-likeness (QED) is 0.444. The van der Waals surface area contributed by atoms with E-state index >= 15 is 0 Å². The number of hydrogen-bond donors (Lipinski definition) is 1. The molecular formula is C17H35NO3. The van der Waals surface area contributed by atoms with Crippen molar-refractivity contribution < 1.29 is 19.5 Å². The molecule has 4 nitrogen and oxygen atoms in total. The van der Waals surface area contributed by atoms with Gasteiger partial charge in [0.25, 0.3) is 0 Å². The van der Waals surface area contributed by atoms with Gasteiger partial charge in [-0.3, -0.25) is 0 Å². The molecule has 0 saturated heterocycles. The highest BCUT2D eigenvalue weighted by atomic mass is 16.4. The van der Waals surface area contributed by atoms with Gasteiger partial charge < -0.3 is 19.5 Å². The monoisotopic (exact) mass is 301 g/mol. The summed E-state index contributed by atoms with van der Waals surface area (Å²) < 4.78 is 1.16. The standard InChI is InChI=1S/C14H32NO.C3H4O2/c1-4-7-10-15(13-14-16,11-8-5-2)12-9-6-3;1-2-3(4)5/h16H,4-14H2,1-3H3;2H,1H2,(H,4,5)/q+1;/p-1. The van der Waals surface area contributed by atoms with Gasteiger partial charge in [-0.15, -0.1) is 0 Å². The van der Waals surface area contributed by atoms with Crippen LogP contribution in [0.4, 0.5) is 0 Å². The van der Waals surface area contributed by atoms with E-state index in [1.54, 1.807) is 0 Å². The first kappa shape index (κ1) is 22.4. The van der Waals surface area contributed by atoms with Crippen LogP contribution in [0.1, 0.15) is 59.3 Å². The van der Waals surface area contributed by atoms with Gasteiger partial charge in [0, 0.05) is 0 Å². The molecule has 4 heteroatoms. The van der Waals surface area contributed by atoms with E-state index in [1.807, 2.05) is 0 Å². The van der Waals surface area contributed by atoms with Crippen molar-refractivity contribution in [1.82, 2.24) is 0 Å². The molecule has 0 heterocycles. The summed E-state index contributed by atoms with van der Waals surface area (Å²) >= 11 is 0. The van der Waals surface area contributed by atoms with E-state index in [0.29, 0.717) is 6.61 Å². The molecule has 0 aliphatic rings. The average molecular weight is 301 g/mol. The number of carbonyl (C=O) groups excluding carboxylic acids is 1. The third-order valence-electron chi connectivity index (χ3n) is 3.70. The first-order valence-corrected chi connectivity index (χ1v) is 8.31. The second-order valence-electron chi connectivity index (χ2n) is 5.54. The lowest BCUT2D eigenvalue weighted by Gasteiger charge is -2.38. The smallest absolute Gasteiger partial charge is 0.102 e. The van der Waals surface area contributed by atoms with Crippen LogP contribution in [0.25, 0.3) is 0 Å². The Balaban J connectivity index is 0. The Labute approximate surface area is 131 Å². The van der Waals surface area contributed by atoms with Crippen LogP contribution in [0.15, 0.2) is 12.7 Å². The number of aliphatic hydroxyl groups excluding tert-OH is 1. The van der Waals surface area contributed by atoms with Gasteiger partial charge in [-0.1, -0.05) is 46.6 Å². The Bertz CT molecular complexity index is 233. The van der Waals surface area contributed by atoms with Gasteiger partial charge in [-0.25, -0.2) is 0 Å². The Kier molecular flexibility index (Phi) is 16.6. The van der Waals surface area contributed by atoms with Gasteiger partial charge in [0.2, 0.25) is 0 Å².